The Balaban J connectivity index is 1.87. The zero-order chi connectivity index (χ0) is 16.6. The van der Waals surface area contributed by atoms with Crippen molar-refractivity contribution in [3.8, 4) is 0 Å². The van der Waals surface area contributed by atoms with Gasteiger partial charge in [-0.15, -0.1) is 0 Å². The molecule has 0 fully saturated rings. The zero-order valence-electron chi connectivity index (χ0n) is 13.9. The molecule has 5 heteroatoms. The number of benzene rings is 1. The second-order valence-electron chi connectivity index (χ2n) is 6.27. The molecule has 0 unspecified atom stereocenters. The van der Waals surface area contributed by atoms with Crippen molar-refractivity contribution < 1.29 is 9.21 Å². The highest BCUT2D eigenvalue weighted by atomic mass is 16.3. The van der Waals surface area contributed by atoms with Crippen molar-refractivity contribution in [1.29, 1.82) is 0 Å². The van der Waals surface area contributed by atoms with Crippen LogP contribution >= 0.6 is 0 Å². The van der Waals surface area contributed by atoms with Crippen LogP contribution in [0.1, 0.15) is 42.0 Å². The smallest absolute Gasteiger partial charge is 0.230 e. The molecule has 0 aliphatic carbocycles. The summed E-state index contributed by atoms with van der Waals surface area (Å²) in [5, 5.41) is 10.5. The van der Waals surface area contributed by atoms with Gasteiger partial charge in [-0.25, -0.2) is 0 Å². The number of aryl methyl sites for hydroxylation is 2. The van der Waals surface area contributed by atoms with Crippen LogP contribution in [-0.4, -0.2) is 16.1 Å². The van der Waals surface area contributed by atoms with Gasteiger partial charge in [-0.2, -0.15) is 5.10 Å². The molecule has 2 N–H and O–H groups in total. The minimum Gasteiger partial charge on any atom is -0.464 e. The van der Waals surface area contributed by atoms with Crippen molar-refractivity contribution in [2.75, 3.05) is 5.32 Å². The summed E-state index contributed by atoms with van der Waals surface area (Å²) in [6, 6.07) is 4.19. The first-order chi connectivity index (χ1) is 11.0. The summed E-state index contributed by atoms with van der Waals surface area (Å²) in [6.45, 7) is 8.32. The Morgan fingerprint density at radius 2 is 2.09 bits per heavy atom. The fraction of sp³-hybridized carbons (Fsp3) is 0.333. The maximum absolute atomic E-state index is 12.3. The van der Waals surface area contributed by atoms with Crippen molar-refractivity contribution in [3.63, 3.8) is 0 Å². The molecule has 0 radical (unpaired) electrons. The fourth-order valence-electron chi connectivity index (χ4n) is 2.83. The summed E-state index contributed by atoms with van der Waals surface area (Å²) in [5.74, 6) is 0.983. The van der Waals surface area contributed by atoms with Gasteiger partial charge < -0.3 is 9.73 Å². The largest absolute Gasteiger partial charge is 0.464 e. The monoisotopic (exact) mass is 311 g/mol. The van der Waals surface area contributed by atoms with E-state index in [1.54, 1.807) is 12.5 Å². The van der Waals surface area contributed by atoms with Gasteiger partial charge in [-0.3, -0.25) is 9.89 Å². The number of aromatic nitrogens is 2. The van der Waals surface area contributed by atoms with E-state index in [0.29, 0.717) is 11.7 Å². The molecule has 0 aliphatic heterocycles. The summed E-state index contributed by atoms with van der Waals surface area (Å²) in [6.07, 6.45) is 3.63. The normalized spacial score (nSPS) is 11.3. The van der Waals surface area contributed by atoms with Crippen molar-refractivity contribution in [1.82, 2.24) is 10.2 Å². The summed E-state index contributed by atoms with van der Waals surface area (Å²) < 4.78 is 5.62. The standard InChI is InChI=1S/C18H21N3O2/c1-10(2)14-7-15-13(9-23-16(15)5-11(14)3)6-17(22)20-18-12(4)8-19-21-18/h5,7-10H,6H2,1-4H3,(H2,19,20,21,22). The van der Waals surface area contributed by atoms with Crippen molar-refractivity contribution in [3.05, 3.63) is 46.8 Å². The molecule has 1 amide bonds. The Kier molecular flexibility index (Phi) is 3.94. The summed E-state index contributed by atoms with van der Waals surface area (Å²) in [7, 11) is 0. The highest BCUT2D eigenvalue weighted by molar-refractivity contribution is 5.95. The van der Waals surface area contributed by atoms with Crippen LogP contribution < -0.4 is 5.32 Å². The topological polar surface area (TPSA) is 70.9 Å². The number of hydrogen-bond donors (Lipinski definition) is 2. The third-order valence-electron chi connectivity index (χ3n) is 4.11. The number of rotatable bonds is 4. The van der Waals surface area contributed by atoms with Gasteiger partial charge in [0.1, 0.15) is 11.4 Å². The number of carbonyl (C=O) groups excluding carboxylic acids is 1. The van der Waals surface area contributed by atoms with Crippen LogP contribution in [0.3, 0.4) is 0 Å². The molecule has 0 aliphatic rings. The van der Waals surface area contributed by atoms with Gasteiger partial charge >= 0.3 is 0 Å². The number of aromatic amines is 1. The van der Waals surface area contributed by atoms with Gasteiger partial charge in [-0.1, -0.05) is 13.8 Å². The molecule has 0 saturated heterocycles. The molecule has 0 atom stereocenters. The number of hydrogen-bond acceptors (Lipinski definition) is 3. The average molecular weight is 311 g/mol. The first kappa shape index (κ1) is 15.3. The second kappa shape index (κ2) is 5.91. The van der Waals surface area contributed by atoms with E-state index in [-0.39, 0.29) is 12.3 Å². The molecule has 23 heavy (non-hydrogen) atoms. The van der Waals surface area contributed by atoms with Gasteiger partial charge in [-0.05, 0) is 43.0 Å². The number of nitrogens with one attached hydrogen (secondary N) is 2. The first-order valence-electron chi connectivity index (χ1n) is 7.76. The van der Waals surface area contributed by atoms with E-state index in [0.717, 1.165) is 22.1 Å². The van der Waals surface area contributed by atoms with Gasteiger partial charge in [0.2, 0.25) is 5.91 Å². The van der Waals surface area contributed by atoms with Gasteiger partial charge in [0.25, 0.3) is 0 Å². The lowest BCUT2D eigenvalue weighted by molar-refractivity contribution is -0.115. The zero-order valence-corrected chi connectivity index (χ0v) is 13.9. The lowest BCUT2D eigenvalue weighted by Gasteiger charge is -2.10. The number of carbonyl (C=O) groups is 1. The molecule has 0 saturated carbocycles. The summed E-state index contributed by atoms with van der Waals surface area (Å²) in [5.41, 5.74) is 5.13. The lowest BCUT2D eigenvalue weighted by atomic mass is 9.95. The minimum atomic E-state index is -0.0910. The van der Waals surface area contributed by atoms with Crippen LogP contribution in [0.15, 0.2) is 29.0 Å². The number of amides is 1. The number of fused-ring (bicyclic) bond motifs is 1. The molecule has 2 aromatic heterocycles. The van der Waals surface area contributed by atoms with E-state index >= 15 is 0 Å². The van der Waals surface area contributed by atoms with E-state index in [1.807, 2.05) is 13.0 Å². The summed E-state index contributed by atoms with van der Waals surface area (Å²) >= 11 is 0. The Labute approximate surface area is 135 Å². The van der Waals surface area contributed by atoms with Crippen LogP contribution in [0.5, 0.6) is 0 Å². The van der Waals surface area contributed by atoms with Crippen LogP contribution in [-0.2, 0) is 11.2 Å². The lowest BCUT2D eigenvalue weighted by Crippen LogP contribution is -2.15. The maximum atomic E-state index is 12.3. The van der Waals surface area contributed by atoms with Crippen LogP contribution in [0.2, 0.25) is 0 Å². The Morgan fingerprint density at radius 1 is 1.30 bits per heavy atom. The van der Waals surface area contributed by atoms with Crippen molar-refractivity contribution >= 4 is 22.7 Å². The third-order valence-corrected chi connectivity index (χ3v) is 4.11. The molecule has 5 nitrogen and oxygen atoms in total. The molecule has 0 bridgehead atoms. The number of H-pyrrole nitrogens is 1. The molecule has 1 aromatic carbocycles. The predicted molar refractivity (Wildman–Crippen MR) is 90.7 cm³/mol. The molecular formula is C18H21N3O2. The highest BCUT2D eigenvalue weighted by Crippen LogP contribution is 2.29. The third kappa shape index (κ3) is 2.99. The van der Waals surface area contributed by atoms with Crippen molar-refractivity contribution in [2.24, 2.45) is 0 Å². The van der Waals surface area contributed by atoms with E-state index in [9.17, 15) is 4.79 Å². The quantitative estimate of drug-likeness (QED) is 0.762. The SMILES string of the molecule is Cc1cc2occ(CC(=O)Nc3[nH]ncc3C)c2cc1C(C)C. The summed E-state index contributed by atoms with van der Waals surface area (Å²) in [4.78, 5) is 12.3. The first-order valence-corrected chi connectivity index (χ1v) is 7.76. The number of furan rings is 1. The molecule has 0 spiro atoms. The predicted octanol–water partition coefficient (Wildman–Crippen LogP) is 4.08. The van der Waals surface area contributed by atoms with Crippen LogP contribution in [0.4, 0.5) is 5.82 Å². The van der Waals surface area contributed by atoms with Gasteiger partial charge in [0, 0.05) is 16.5 Å². The van der Waals surface area contributed by atoms with Crippen molar-refractivity contribution in [2.45, 2.75) is 40.0 Å². The molecular weight excluding hydrogens is 290 g/mol. The maximum Gasteiger partial charge on any atom is 0.230 e. The Morgan fingerprint density at radius 3 is 2.74 bits per heavy atom. The average Bonchev–Trinajstić information content (AvgIpc) is 3.05. The number of anilines is 1. The van der Waals surface area contributed by atoms with E-state index in [1.165, 1.54) is 11.1 Å². The Hall–Kier alpha value is -2.56. The molecule has 3 aromatic rings. The van der Waals surface area contributed by atoms with Gasteiger partial charge in [0.05, 0.1) is 18.9 Å². The van der Waals surface area contributed by atoms with E-state index in [2.05, 4.69) is 42.4 Å². The van der Waals surface area contributed by atoms with Crippen LogP contribution in [0.25, 0.3) is 11.0 Å². The molecule has 3 rings (SSSR count). The fourth-order valence-corrected chi connectivity index (χ4v) is 2.83. The second-order valence-corrected chi connectivity index (χ2v) is 6.27. The van der Waals surface area contributed by atoms with Gasteiger partial charge in [0.15, 0.2) is 0 Å². The minimum absolute atomic E-state index is 0.0910. The number of nitrogens with zero attached hydrogens (tertiary/aromatic N) is 1. The van der Waals surface area contributed by atoms with E-state index in [4.69, 9.17) is 4.42 Å². The van der Waals surface area contributed by atoms with E-state index < -0.39 is 0 Å². The van der Waals surface area contributed by atoms with Crippen LogP contribution in [0, 0.1) is 13.8 Å². The Bertz CT molecular complexity index is 858. The molecule has 2 heterocycles. The molecule has 120 valence electrons. The highest BCUT2D eigenvalue weighted by Gasteiger charge is 2.14.